The minimum Gasteiger partial charge on any atom is -0.469 e. The number of unbranched alkanes of at least 4 members (excludes halogenated alkanes) is 15. The Kier molecular flexibility index (Phi) is 17.7. The summed E-state index contributed by atoms with van der Waals surface area (Å²) in [5.74, 6) is -0.472. The minimum atomic E-state index is -4.66. The third-order valence-electron chi connectivity index (χ3n) is 10.7. The number of phosphoric ester groups is 1. The fraction of sp³-hybridized carbons (Fsp3) is 0.714. The molecule has 16 heteroatoms. The van der Waals surface area contributed by atoms with Crippen molar-refractivity contribution in [3.63, 3.8) is 0 Å². The van der Waals surface area contributed by atoms with Crippen LogP contribution in [0.2, 0.25) is 0 Å². The van der Waals surface area contributed by atoms with Gasteiger partial charge in [-0.15, -0.1) is 0 Å². The highest BCUT2D eigenvalue weighted by molar-refractivity contribution is 7.47. The quantitative estimate of drug-likeness (QED) is 0.0521. The summed E-state index contributed by atoms with van der Waals surface area (Å²) in [6.45, 7) is 7.47. The molecule has 2 aliphatic heterocycles. The molecular weight excluding hydrogens is 763 g/mol. The van der Waals surface area contributed by atoms with Crippen LogP contribution in [-0.4, -0.2) is 80.6 Å². The molecule has 0 spiro atoms. The molecule has 2 fully saturated rings. The van der Waals surface area contributed by atoms with Crippen LogP contribution in [0.25, 0.3) is 5.52 Å². The lowest BCUT2D eigenvalue weighted by Crippen LogP contribution is -2.44. The Hall–Kier alpha value is -3.19. The summed E-state index contributed by atoms with van der Waals surface area (Å²) < 4.78 is 57.0. The third-order valence-corrected chi connectivity index (χ3v) is 11.7. The number of rotatable bonds is 28. The summed E-state index contributed by atoms with van der Waals surface area (Å²) in [6.07, 6.45) is 19.2. The first-order chi connectivity index (χ1) is 27.9. The van der Waals surface area contributed by atoms with Gasteiger partial charge in [0.25, 0.3) is 0 Å². The average Bonchev–Trinajstić information content (AvgIpc) is 3.86. The lowest BCUT2D eigenvalue weighted by atomic mass is 9.97. The smallest absolute Gasteiger partial charge is 0.469 e. The Morgan fingerprint density at radius 3 is 2.21 bits per heavy atom. The first-order valence-corrected chi connectivity index (χ1v) is 22.8. The molecule has 58 heavy (non-hydrogen) atoms. The maximum atomic E-state index is 13.3. The number of nitriles is 1. The SMILES string of the molecule is CCCCCCCCCCCCCCCCCCOC[C@H](COP(=O)(O)OC[C@@]1(C)O[C@@H](c2ccc3c(N)ncnn23)[C@@H]2OC(C)(C)O[C@@H]21)Oc1cccc(C#N)n1. The number of nitrogen functional groups attached to an aromatic ring is 1. The van der Waals surface area contributed by atoms with E-state index in [1.54, 1.807) is 49.6 Å². The molecule has 3 N–H and O–H groups in total. The van der Waals surface area contributed by atoms with Crippen LogP contribution in [0.15, 0.2) is 36.7 Å². The molecule has 0 radical (unpaired) electrons. The number of anilines is 1. The van der Waals surface area contributed by atoms with Crippen LogP contribution in [0.5, 0.6) is 5.88 Å². The molecule has 3 aromatic heterocycles. The van der Waals surface area contributed by atoms with Crippen molar-refractivity contribution in [1.82, 2.24) is 19.6 Å². The second-order valence-electron chi connectivity index (χ2n) is 16.2. The van der Waals surface area contributed by atoms with Crippen LogP contribution >= 0.6 is 7.82 Å². The zero-order chi connectivity index (χ0) is 41.4. The topological polar surface area (TPSA) is 195 Å². The predicted octanol–water partition coefficient (Wildman–Crippen LogP) is 8.79. The molecule has 5 heterocycles. The number of hydrogen-bond donors (Lipinski definition) is 2. The number of nitrogens with two attached hydrogens (primary N) is 1. The Balaban J connectivity index is 1.05. The van der Waals surface area contributed by atoms with E-state index < -0.39 is 43.6 Å². The van der Waals surface area contributed by atoms with E-state index in [9.17, 15) is 14.7 Å². The fourth-order valence-corrected chi connectivity index (χ4v) is 8.51. The zero-order valence-corrected chi connectivity index (χ0v) is 35.8. The number of hydrogen-bond acceptors (Lipinski definition) is 13. The second-order valence-corrected chi connectivity index (χ2v) is 17.7. The molecule has 0 aliphatic carbocycles. The van der Waals surface area contributed by atoms with Crippen molar-refractivity contribution in [2.24, 2.45) is 0 Å². The van der Waals surface area contributed by atoms with E-state index in [4.69, 9.17) is 38.5 Å². The van der Waals surface area contributed by atoms with Gasteiger partial charge in [-0.05, 0) is 45.4 Å². The number of fused-ring (bicyclic) bond motifs is 2. The van der Waals surface area contributed by atoms with Gasteiger partial charge in [0.1, 0.15) is 53.6 Å². The third kappa shape index (κ3) is 13.7. The number of pyridine rings is 1. The maximum absolute atomic E-state index is 13.3. The van der Waals surface area contributed by atoms with Gasteiger partial charge in [0, 0.05) is 12.7 Å². The lowest BCUT2D eigenvalue weighted by Gasteiger charge is -2.31. The van der Waals surface area contributed by atoms with Crippen molar-refractivity contribution in [2.45, 2.75) is 166 Å². The predicted molar refractivity (Wildman–Crippen MR) is 219 cm³/mol. The van der Waals surface area contributed by atoms with Gasteiger partial charge in [0.05, 0.1) is 25.5 Å². The summed E-state index contributed by atoms with van der Waals surface area (Å²) in [5, 5.41) is 13.7. The van der Waals surface area contributed by atoms with E-state index in [-0.39, 0.29) is 31.4 Å². The first-order valence-electron chi connectivity index (χ1n) is 21.3. The standard InChI is InChI=1S/C42H65N6O9P/c1-5-6-7-8-9-10-11-12-13-14-15-16-17-18-19-20-26-51-28-33(54-36-23-21-22-32(27-43)47-36)29-52-58(49,50)53-30-42(4)39-38(55-41(2,3)57-39)37(56-42)34-24-25-35-40(44)45-31-46-48(34)35/h21-25,31,33,37-39H,5-20,26,28-30H2,1-4H3,(H,49,50)(H2,44,45,46)/t33-,37+,38+,39+,42-/m1/s1. The molecule has 0 saturated carbocycles. The Bertz CT molecular complexity index is 1790. The molecule has 0 bridgehead atoms. The van der Waals surface area contributed by atoms with Gasteiger partial charge in [-0.25, -0.2) is 19.0 Å². The van der Waals surface area contributed by atoms with Crippen LogP contribution in [-0.2, 0) is 32.6 Å². The number of phosphoric acid groups is 1. The summed E-state index contributed by atoms with van der Waals surface area (Å²) in [5.41, 5.74) is 6.28. The van der Waals surface area contributed by atoms with Crippen LogP contribution in [0, 0.1) is 11.3 Å². The van der Waals surface area contributed by atoms with Crippen LogP contribution in [0.3, 0.4) is 0 Å². The molecule has 0 amide bonds. The van der Waals surface area contributed by atoms with E-state index in [2.05, 4.69) is 22.0 Å². The Labute approximate surface area is 343 Å². The maximum Gasteiger partial charge on any atom is 0.472 e. The lowest BCUT2D eigenvalue weighted by molar-refractivity contribution is -0.212. The second kappa shape index (κ2) is 22.4. The van der Waals surface area contributed by atoms with Crippen molar-refractivity contribution in [3.8, 4) is 11.9 Å². The summed E-state index contributed by atoms with van der Waals surface area (Å²) in [7, 11) is -4.66. The van der Waals surface area contributed by atoms with Crippen molar-refractivity contribution in [1.29, 1.82) is 5.26 Å². The monoisotopic (exact) mass is 828 g/mol. The van der Waals surface area contributed by atoms with Crippen LogP contribution < -0.4 is 10.5 Å². The van der Waals surface area contributed by atoms with Gasteiger partial charge < -0.3 is 34.3 Å². The van der Waals surface area contributed by atoms with Crippen molar-refractivity contribution in [2.75, 3.05) is 32.2 Å². The van der Waals surface area contributed by atoms with Gasteiger partial charge in [0.15, 0.2) is 11.6 Å². The minimum absolute atomic E-state index is 0.0725. The van der Waals surface area contributed by atoms with Gasteiger partial charge >= 0.3 is 7.82 Å². The molecule has 5 rings (SSSR count). The normalized spacial score (nSPS) is 22.8. The van der Waals surface area contributed by atoms with E-state index in [1.165, 1.54) is 89.8 Å². The summed E-state index contributed by atoms with van der Waals surface area (Å²) in [4.78, 5) is 19.1. The van der Waals surface area contributed by atoms with Gasteiger partial charge in [-0.3, -0.25) is 9.05 Å². The van der Waals surface area contributed by atoms with Crippen molar-refractivity contribution < 1.29 is 42.2 Å². The van der Waals surface area contributed by atoms with Crippen molar-refractivity contribution >= 4 is 19.2 Å². The number of ether oxygens (including phenoxy) is 5. The van der Waals surface area contributed by atoms with E-state index in [0.29, 0.717) is 23.6 Å². The molecule has 322 valence electrons. The van der Waals surface area contributed by atoms with Gasteiger partial charge in [-0.1, -0.05) is 109 Å². The van der Waals surface area contributed by atoms with Crippen molar-refractivity contribution in [3.05, 3.63) is 48.0 Å². The highest BCUT2D eigenvalue weighted by Gasteiger charge is 2.62. The molecule has 15 nitrogen and oxygen atoms in total. The highest BCUT2D eigenvalue weighted by atomic mass is 31.2. The number of nitrogens with zero attached hydrogens (tertiary/aromatic N) is 5. The van der Waals surface area contributed by atoms with E-state index in [1.807, 2.05) is 12.1 Å². The molecular formula is C42H65N6O9P. The Morgan fingerprint density at radius 2 is 1.55 bits per heavy atom. The van der Waals surface area contributed by atoms with Gasteiger partial charge in [-0.2, -0.15) is 10.4 Å². The summed E-state index contributed by atoms with van der Waals surface area (Å²) >= 11 is 0. The summed E-state index contributed by atoms with van der Waals surface area (Å²) in [6, 6.07) is 10.4. The van der Waals surface area contributed by atoms with Crippen LogP contribution in [0.1, 0.15) is 148 Å². The first kappa shape index (κ1) is 45.9. The van der Waals surface area contributed by atoms with E-state index >= 15 is 0 Å². The molecule has 3 aromatic rings. The fourth-order valence-electron chi connectivity index (χ4n) is 7.66. The largest absolute Gasteiger partial charge is 0.472 e. The van der Waals surface area contributed by atoms with E-state index in [0.717, 1.165) is 19.3 Å². The average molecular weight is 829 g/mol. The Morgan fingerprint density at radius 1 is 0.897 bits per heavy atom. The molecule has 6 atom stereocenters. The molecule has 1 unspecified atom stereocenters. The van der Waals surface area contributed by atoms with Gasteiger partial charge in [0.2, 0.25) is 5.88 Å². The van der Waals surface area contributed by atoms with Crippen LogP contribution in [0.4, 0.5) is 5.82 Å². The zero-order valence-electron chi connectivity index (χ0n) is 34.9. The number of aromatic nitrogens is 4. The molecule has 0 aromatic carbocycles. The molecule has 2 aliphatic rings. The molecule has 2 saturated heterocycles. The highest BCUT2D eigenvalue weighted by Crippen LogP contribution is 2.52.